The Balaban J connectivity index is 1.93. The van der Waals surface area contributed by atoms with E-state index in [0.717, 1.165) is 36.3 Å². The molecule has 0 fully saturated rings. The Morgan fingerprint density at radius 3 is 2.67 bits per heavy atom. The van der Waals surface area contributed by atoms with Crippen LogP contribution >= 0.6 is 0 Å². The first-order valence-corrected chi connectivity index (χ1v) is 7.79. The summed E-state index contributed by atoms with van der Waals surface area (Å²) in [6.45, 7) is 0.763. The molecule has 110 valence electrons. The summed E-state index contributed by atoms with van der Waals surface area (Å²) < 4.78 is 53.0. The van der Waals surface area contributed by atoms with Crippen molar-refractivity contribution in [3.63, 3.8) is 0 Å². The number of nitrogens with one attached hydrogen (secondary N) is 2. The molecule has 2 aromatic carbocycles. The van der Waals surface area contributed by atoms with Crippen molar-refractivity contribution in [2.24, 2.45) is 0 Å². The molecule has 0 aliphatic carbocycles. The van der Waals surface area contributed by atoms with Gasteiger partial charge in [-0.1, -0.05) is 0 Å². The van der Waals surface area contributed by atoms with Crippen LogP contribution in [0.5, 0.6) is 0 Å². The maximum atomic E-state index is 13.5. The topological polar surface area (TPSA) is 58.2 Å². The van der Waals surface area contributed by atoms with E-state index < -0.39 is 21.7 Å². The third-order valence-electron chi connectivity index (χ3n) is 3.27. The molecule has 0 saturated carbocycles. The minimum Gasteiger partial charge on any atom is -0.384 e. The number of hydrogen-bond donors (Lipinski definition) is 2. The fraction of sp³-hybridized carbons (Fsp3) is 0.143. The Hall–Kier alpha value is -2.15. The van der Waals surface area contributed by atoms with Gasteiger partial charge in [0.2, 0.25) is 0 Å². The van der Waals surface area contributed by atoms with E-state index in [1.165, 1.54) is 6.07 Å². The molecule has 0 amide bonds. The van der Waals surface area contributed by atoms with Crippen LogP contribution in [0.15, 0.2) is 41.3 Å². The molecule has 2 aromatic rings. The number of hydrogen-bond acceptors (Lipinski definition) is 3. The van der Waals surface area contributed by atoms with Crippen LogP contribution in [0.4, 0.5) is 20.2 Å². The zero-order chi connectivity index (χ0) is 15.0. The Morgan fingerprint density at radius 1 is 1.10 bits per heavy atom. The highest BCUT2D eigenvalue weighted by Crippen LogP contribution is 2.26. The van der Waals surface area contributed by atoms with Gasteiger partial charge in [0.15, 0.2) is 0 Å². The number of rotatable bonds is 3. The van der Waals surface area contributed by atoms with Crippen LogP contribution in [0.3, 0.4) is 0 Å². The predicted octanol–water partition coefficient (Wildman–Crippen LogP) is 2.73. The summed E-state index contributed by atoms with van der Waals surface area (Å²) >= 11 is 0. The van der Waals surface area contributed by atoms with Crippen molar-refractivity contribution in [2.75, 3.05) is 16.6 Å². The van der Waals surface area contributed by atoms with Gasteiger partial charge in [-0.25, -0.2) is 17.2 Å². The maximum Gasteiger partial charge on any atom is 0.261 e. The number of sulfonamides is 1. The molecule has 1 heterocycles. The van der Waals surface area contributed by atoms with E-state index in [-0.39, 0.29) is 10.6 Å². The first-order valence-electron chi connectivity index (χ1n) is 6.30. The van der Waals surface area contributed by atoms with Crippen LogP contribution in [0.1, 0.15) is 5.56 Å². The van der Waals surface area contributed by atoms with E-state index in [4.69, 9.17) is 0 Å². The van der Waals surface area contributed by atoms with Gasteiger partial charge >= 0.3 is 0 Å². The number of fused-ring (bicyclic) bond motifs is 1. The average molecular weight is 310 g/mol. The fourth-order valence-corrected chi connectivity index (χ4v) is 3.34. The van der Waals surface area contributed by atoms with Crippen molar-refractivity contribution in [1.29, 1.82) is 0 Å². The van der Waals surface area contributed by atoms with E-state index >= 15 is 0 Å². The van der Waals surface area contributed by atoms with Gasteiger partial charge in [0.1, 0.15) is 11.6 Å². The quantitative estimate of drug-likeness (QED) is 0.916. The van der Waals surface area contributed by atoms with E-state index in [1.54, 1.807) is 12.1 Å². The molecule has 1 aliphatic heterocycles. The summed E-state index contributed by atoms with van der Waals surface area (Å²) in [4.78, 5) is 0.0497. The van der Waals surface area contributed by atoms with Crippen LogP contribution in [0, 0.1) is 11.6 Å². The highest BCUT2D eigenvalue weighted by atomic mass is 32.2. The number of benzene rings is 2. The summed E-state index contributed by atoms with van der Waals surface area (Å²) in [5.74, 6) is -1.72. The van der Waals surface area contributed by atoms with Gasteiger partial charge < -0.3 is 5.32 Å². The average Bonchev–Trinajstić information content (AvgIpc) is 2.89. The predicted molar refractivity (Wildman–Crippen MR) is 75.8 cm³/mol. The second kappa shape index (κ2) is 5.00. The lowest BCUT2D eigenvalue weighted by molar-refractivity contribution is 0.583. The summed E-state index contributed by atoms with van der Waals surface area (Å²) in [6, 6.07) is 7.35. The lowest BCUT2D eigenvalue weighted by atomic mass is 10.2. The normalized spacial score (nSPS) is 13.6. The Bertz CT molecular complexity index is 807. The summed E-state index contributed by atoms with van der Waals surface area (Å²) in [5.41, 5.74) is 1.52. The third-order valence-corrected chi connectivity index (χ3v) is 4.64. The van der Waals surface area contributed by atoms with Crippen LogP contribution < -0.4 is 10.0 Å². The molecule has 0 aromatic heterocycles. The van der Waals surface area contributed by atoms with Gasteiger partial charge in [0, 0.05) is 18.3 Å². The lowest BCUT2D eigenvalue weighted by Gasteiger charge is -2.10. The standard InChI is InChI=1S/C14H12F2N2O2S/c15-10-1-3-14(12(16)8-10)18-21(19,20)11-2-4-13-9(7-11)5-6-17-13/h1-4,7-8,17-18H,5-6H2. The molecular formula is C14H12F2N2O2S. The monoisotopic (exact) mass is 310 g/mol. The maximum absolute atomic E-state index is 13.5. The Morgan fingerprint density at radius 2 is 1.90 bits per heavy atom. The zero-order valence-corrected chi connectivity index (χ0v) is 11.7. The third kappa shape index (κ3) is 2.69. The van der Waals surface area contributed by atoms with Crippen LogP contribution in [0.2, 0.25) is 0 Å². The SMILES string of the molecule is O=S(=O)(Nc1ccc(F)cc1F)c1ccc2c(c1)CCN2. The molecule has 7 heteroatoms. The fourth-order valence-electron chi connectivity index (χ4n) is 2.22. The molecule has 0 bridgehead atoms. The largest absolute Gasteiger partial charge is 0.384 e. The molecule has 21 heavy (non-hydrogen) atoms. The van der Waals surface area contributed by atoms with Gasteiger partial charge in [0.05, 0.1) is 10.6 Å². The summed E-state index contributed by atoms with van der Waals surface area (Å²) in [6.07, 6.45) is 0.740. The summed E-state index contributed by atoms with van der Waals surface area (Å²) in [7, 11) is -3.91. The molecule has 2 N–H and O–H groups in total. The lowest BCUT2D eigenvalue weighted by Crippen LogP contribution is -2.14. The molecule has 0 radical (unpaired) electrons. The Kier molecular flexibility index (Phi) is 3.29. The van der Waals surface area contributed by atoms with E-state index in [9.17, 15) is 17.2 Å². The molecular weight excluding hydrogens is 298 g/mol. The second-order valence-electron chi connectivity index (χ2n) is 4.73. The summed E-state index contributed by atoms with van der Waals surface area (Å²) in [5, 5.41) is 3.13. The van der Waals surface area contributed by atoms with Gasteiger partial charge in [0.25, 0.3) is 10.0 Å². The van der Waals surface area contributed by atoms with Crippen molar-refractivity contribution in [1.82, 2.24) is 0 Å². The minimum absolute atomic E-state index is 0.0497. The Labute approximate surface area is 120 Å². The van der Waals surface area contributed by atoms with Crippen LogP contribution in [-0.2, 0) is 16.4 Å². The zero-order valence-electron chi connectivity index (χ0n) is 10.9. The van der Waals surface area contributed by atoms with Crippen molar-refractivity contribution < 1.29 is 17.2 Å². The van der Waals surface area contributed by atoms with Gasteiger partial charge in [-0.05, 0) is 42.3 Å². The second-order valence-corrected chi connectivity index (χ2v) is 6.41. The smallest absolute Gasteiger partial charge is 0.261 e. The molecule has 0 spiro atoms. The molecule has 0 saturated heterocycles. The van der Waals surface area contributed by atoms with E-state index in [0.29, 0.717) is 6.07 Å². The molecule has 0 unspecified atom stereocenters. The minimum atomic E-state index is -3.91. The number of halogens is 2. The van der Waals surface area contributed by atoms with Crippen LogP contribution in [-0.4, -0.2) is 15.0 Å². The molecule has 0 atom stereocenters. The highest BCUT2D eigenvalue weighted by Gasteiger charge is 2.19. The van der Waals surface area contributed by atoms with E-state index in [1.807, 2.05) is 0 Å². The van der Waals surface area contributed by atoms with Crippen molar-refractivity contribution in [3.05, 3.63) is 53.6 Å². The molecule has 4 nitrogen and oxygen atoms in total. The van der Waals surface area contributed by atoms with Crippen molar-refractivity contribution >= 4 is 21.4 Å². The van der Waals surface area contributed by atoms with Gasteiger partial charge in [-0.2, -0.15) is 0 Å². The van der Waals surface area contributed by atoms with Crippen LogP contribution in [0.25, 0.3) is 0 Å². The van der Waals surface area contributed by atoms with Gasteiger partial charge in [-0.15, -0.1) is 0 Å². The molecule has 1 aliphatic rings. The van der Waals surface area contributed by atoms with Crippen molar-refractivity contribution in [2.45, 2.75) is 11.3 Å². The first kappa shape index (κ1) is 13.8. The van der Waals surface area contributed by atoms with Gasteiger partial charge in [-0.3, -0.25) is 4.72 Å². The molecule has 3 rings (SSSR count). The number of anilines is 2. The highest BCUT2D eigenvalue weighted by molar-refractivity contribution is 7.92. The van der Waals surface area contributed by atoms with E-state index in [2.05, 4.69) is 10.0 Å². The van der Waals surface area contributed by atoms with Crippen molar-refractivity contribution in [3.8, 4) is 0 Å². The first-order chi connectivity index (χ1) is 9.95.